The summed E-state index contributed by atoms with van der Waals surface area (Å²) < 4.78 is 5.31. The molecule has 0 amide bonds. The van der Waals surface area contributed by atoms with Crippen LogP contribution in [0.2, 0.25) is 0 Å². The first-order valence-electron chi connectivity index (χ1n) is 5.54. The van der Waals surface area contributed by atoms with E-state index in [-0.39, 0.29) is 12.0 Å². The van der Waals surface area contributed by atoms with Gasteiger partial charge in [-0.05, 0) is 24.3 Å². The molecule has 2 N–H and O–H groups in total. The van der Waals surface area contributed by atoms with Gasteiger partial charge in [0.2, 0.25) is 11.7 Å². The Balaban J connectivity index is 1.89. The molecule has 5 heteroatoms. The third kappa shape index (κ3) is 1.92. The Kier molecular flexibility index (Phi) is 2.57. The minimum absolute atomic E-state index is 0.109. The van der Waals surface area contributed by atoms with E-state index in [4.69, 9.17) is 10.3 Å². The van der Waals surface area contributed by atoms with Crippen LogP contribution in [0.4, 0.5) is 0 Å². The summed E-state index contributed by atoms with van der Waals surface area (Å²) in [7, 11) is 0. The maximum absolute atomic E-state index is 5.81. The zero-order valence-corrected chi connectivity index (χ0v) is 10.3. The first-order chi connectivity index (χ1) is 8.24. The molecule has 0 bridgehead atoms. The molecule has 1 aliphatic rings. The number of nitrogens with zero attached hydrogens (tertiary/aromatic N) is 2. The van der Waals surface area contributed by atoms with E-state index in [1.54, 1.807) is 11.3 Å². The number of hydrogen-bond acceptors (Lipinski definition) is 5. The van der Waals surface area contributed by atoms with E-state index in [1.165, 1.54) is 5.56 Å². The number of nitrogens with two attached hydrogens (primary N) is 1. The highest BCUT2D eigenvalue weighted by Crippen LogP contribution is 2.30. The van der Waals surface area contributed by atoms with Crippen LogP contribution >= 0.6 is 11.3 Å². The molecule has 1 aliphatic carbocycles. The first kappa shape index (κ1) is 10.7. The Morgan fingerprint density at radius 3 is 2.94 bits per heavy atom. The summed E-state index contributed by atoms with van der Waals surface area (Å²) in [4.78, 5) is 4.45. The van der Waals surface area contributed by atoms with Crippen LogP contribution in [0, 0.1) is 6.92 Å². The molecule has 0 aliphatic heterocycles. The maximum atomic E-state index is 5.81. The minimum atomic E-state index is 0.109. The minimum Gasteiger partial charge on any atom is -0.338 e. The molecular weight excluding hydrogens is 234 g/mol. The molecule has 88 valence electrons. The lowest BCUT2D eigenvalue weighted by Crippen LogP contribution is -2.14. The number of hydrogen-bond donors (Lipinski definition) is 1. The van der Waals surface area contributed by atoms with Crippen molar-refractivity contribution >= 4 is 11.3 Å². The van der Waals surface area contributed by atoms with E-state index in [0.29, 0.717) is 11.7 Å². The van der Waals surface area contributed by atoms with E-state index >= 15 is 0 Å². The average molecular weight is 247 g/mol. The lowest BCUT2D eigenvalue weighted by atomic mass is 10.1. The van der Waals surface area contributed by atoms with Gasteiger partial charge < -0.3 is 10.3 Å². The molecule has 0 saturated carbocycles. The standard InChI is InChI=1S/C12H13N3OS/c1-7-5-17-6-10(7)11-14-12(16-15-11)8-2-3-9(13)4-8/h2-3,5-6,8-9H,4,13H2,1H3. The van der Waals surface area contributed by atoms with Crippen LogP contribution in [0.15, 0.2) is 27.4 Å². The predicted octanol–water partition coefficient (Wildman–Crippen LogP) is 2.48. The van der Waals surface area contributed by atoms with Crippen molar-refractivity contribution in [2.45, 2.75) is 25.3 Å². The molecule has 2 unspecified atom stereocenters. The SMILES string of the molecule is Cc1cscc1-c1noc(C2C=CC(N)C2)n1. The van der Waals surface area contributed by atoms with Crippen LogP contribution in [0.1, 0.15) is 23.8 Å². The van der Waals surface area contributed by atoms with Crippen molar-refractivity contribution in [2.75, 3.05) is 0 Å². The van der Waals surface area contributed by atoms with E-state index in [1.807, 2.05) is 24.5 Å². The van der Waals surface area contributed by atoms with Crippen molar-refractivity contribution < 1.29 is 4.52 Å². The molecule has 0 spiro atoms. The Morgan fingerprint density at radius 2 is 2.29 bits per heavy atom. The molecule has 17 heavy (non-hydrogen) atoms. The molecule has 0 aromatic carbocycles. The highest BCUT2D eigenvalue weighted by Gasteiger charge is 2.23. The zero-order valence-electron chi connectivity index (χ0n) is 9.46. The summed E-state index contributed by atoms with van der Waals surface area (Å²) in [5, 5.41) is 8.16. The quantitative estimate of drug-likeness (QED) is 0.828. The van der Waals surface area contributed by atoms with Gasteiger partial charge in [-0.3, -0.25) is 0 Å². The van der Waals surface area contributed by atoms with Gasteiger partial charge in [0, 0.05) is 17.0 Å². The van der Waals surface area contributed by atoms with Crippen LogP contribution in [-0.4, -0.2) is 16.2 Å². The number of rotatable bonds is 2. The van der Waals surface area contributed by atoms with Gasteiger partial charge in [-0.2, -0.15) is 16.3 Å². The molecule has 0 saturated heterocycles. The molecule has 0 radical (unpaired) electrons. The molecule has 2 aromatic rings. The Hall–Kier alpha value is -1.46. The lowest BCUT2D eigenvalue weighted by molar-refractivity contribution is 0.365. The smallest absolute Gasteiger partial charge is 0.233 e. The first-order valence-corrected chi connectivity index (χ1v) is 6.49. The summed E-state index contributed by atoms with van der Waals surface area (Å²) in [5.74, 6) is 1.51. The fraction of sp³-hybridized carbons (Fsp3) is 0.333. The van der Waals surface area contributed by atoms with Crippen molar-refractivity contribution in [2.24, 2.45) is 5.73 Å². The van der Waals surface area contributed by atoms with Crippen molar-refractivity contribution in [3.05, 3.63) is 34.4 Å². The Bertz CT molecular complexity index is 558. The molecule has 2 aromatic heterocycles. The van der Waals surface area contributed by atoms with Crippen LogP contribution in [0.5, 0.6) is 0 Å². The van der Waals surface area contributed by atoms with Gasteiger partial charge in [0.15, 0.2) is 0 Å². The summed E-state index contributed by atoms with van der Waals surface area (Å²) in [6.07, 6.45) is 4.89. The number of aryl methyl sites for hydroxylation is 1. The molecule has 2 atom stereocenters. The second-order valence-corrected chi connectivity index (χ2v) is 5.06. The highest BCUT2D eigenvalue weighted by atomic mass is 32.1. The van der Waals surface area contributed by atoms with Crippen LogP contribution < -0.4 is 5.73 Å². The second-order valence-electron chi connectivity index (χ2n) is 4.32. The average Bonchev–Trinajstić information content (AvgIpc) is 2.97. The number of allylic oxidation sites excluding steroid dienone is 1. The van der Waals surface area contributed by atoms with Crippen molar-refractivity contribution in [1.29, 1.82) is 0 Å². The highest BCUT2D eigenvalue weighted by molar-refractivity contribution is 7.08. The zero-order chi connectivity index (χ0) is 11.8. The van der Waals surface area contributed by atoms with Crippen molar-refractivity contribution in [3.8, 4) is 11.4 Å². The lowest BCUT2D eigenvalue weighted by Gasteiger charge is -2.01. The van der Waals surface area contributed by atoms with E-state index in [2.05, 4.69) is 15.5 Å². The maximum Gasteiger partial charge on any atom is 0.233 e. The van der Waals surface area contributed by atoms with E-state index < -0.39 is 0 Å². The van der Waals surface area contributed by atoms with Crippen LogP contribution in [0.3, 0.4) is 0 Å². The van der Waals surface area contributed by atoms with Gasteiger partial charge in [-0.1, -0.05) is 17.3 Å². The number of thiophene rings is 1. The van der Waals surface area contributed by atoms with Gasteiger partial charge in [0.1, 0.15) is 0 Å². The summed E-state index contributed by atoms with van der Waals surface area (Å²) in [5.41, 5.74) is 8.05. The normalized spacial score (nSPS) is 23.4. The molecule has 2 heterocycles. The van der Waals surface area contributed by atoms with Gasteiger partial charge in [-0.25, -0.2) is 0 Å². The molecule has 4 nitrogen and oxygen atoms in total. The van der Waals surface area contributed by atoms with Crippen molar-refractivity contribution in [3.63, 3.8) is 0 Å². The summed E-state index contributed by atoms with van der Waals surface area (Å²) >= 11 is 1.65. The van der Waals surface area contributed by atoms with E-state index in [0.717, 1.165) is 12.0 Å². The fourth-order valence-corrected chi connectivity index (χ4v) is 2.82. The predicted molar refractivity (Wildman–Crippen MR) is 66.8 cm³/mol. The summed E-state index contributed by atoms with van der Waals surface area (Å²) in [6, 6.07) is 0.109. The Morgan fingerprint density at radius 1 is 1.41 bits per heavy atom. The third-order valence-electron chi connectivity index (χ3n) is 2.97. The molecular formula is C12H13N3OS. The van der Waals surface area contributed by atoms with Crippen LogP contribution in [0.25, 0.3) is 11.4 Å². The number of aromatic nitrogens is 2. The van der Waals surface area contributed by atoms with Gasteiger partial charge in [0.25, 0.3) is 0 Å². The van der Waals surface area contributed by atoms with Gasteiger partial charge in [-0.15, -0.1) is 0 Å². The monoisotopic (exact) mass is 247 g/mol. The molecule has 0 fully saturated rings. The van der Waals surface area contributed by atoms with Crippen LogP contribution in [-0.2, 0) is 0 Å². The summed E-state index contributed by atoms with van der Waals surface area (Å²) in [6.45, 7) is 2.05. The topological polar surface area (TPSA) is 64.9 Å². The van der Waals surface area contributed by atoms with E-state index in [9.17, 15) is 0 Å². The third-order valence-corrected chi connectivity index (χ3v) is 3.83. The second kappa shape index (κ2) is 4.09. The largest absolute Gasteiger partial charge is 0.338 e. The van der Waals surface area contributed by atoms with Gasteiger partial charge >= 0.3 is 0 Å². The molecule has 3 rings (SSSR count). The fourth-order valence-electron chi connectivity index (χ4n) is 2.00. The van der Waals surface area contributed by atoms with Gasteiger partial charge in [0.05, 0.1) is 5.92 Å². The van der Waals surface area contributed by atoms with Crippen molar-refractivity contribution in [1.82, 2.24) is 10.1 Å². The Labute approximate surface area is 103 Å².